The second-order valence-electron chi connectivity index (χ2n) is 4.64. The number of rotatable bonds is 3. The van der Waals surface area contributed by atoms with Gasteiger partial charge in [0, 0.05) is 5.69 Å². The summed E-state index contributed by atoms with van der Waals surface area (Å²) < 4.78 is -0.428. The van der Waals surface area contributed by atoms with E-state index in [2.05, 4.69) is 5.32 Å². The largest absolute Gasteiger partial charge is 0.478 e. The average Bonchev–Trinajstić information content (AvgIpc) is 2.79. The van der Waals surface area contributed by atoms with E-state index in [-0.39, 0.29) is 16.5 Å². The molecule has 2 rings (SSSR count). The zero-order chi connectivity index (χ0) is 14.0. The van der Waals surface area contributed by atoms with E-state index in [1.807, 2.05) is 6.92 Å². The van der Waals surface area contributed by atoms with Gasteiger partial charge < -0.3 is 10.4 Å². The molecule has 1 amide bonds. The first-order valence-electron chi connectivity index (χ1n) is 5.91. The Labute approximate surface area is 120 Å². The standard InChI is InChI=1S/C13H14ClNO3S/c1-13(5-2-6-19-13)12(18)15-8-3-4-10(14)9(7-8)11(16)17/h3-4,7H,2,5-6H2,1H3,(H,15,18)(H,16,17). The highest BCUT2D eigenvalue weighted by atomic mass is 35.5. The molecule has 0 radical (unpaired) electrons. The molecule has 1 unspecified atom stereocenters. The molecule has 1 heterocycles. The van der Waals surface area contributed by atoms with Crippen LogP contribution in [0.5, 0.6) is 0 Å². The fraction of sp³-hybridized carbons (Fsp3) is 0.385. The predicted octanol–water partition coefficient (Wildman–Crippen LogP) is 3.26. The van der Waals surface area contributed by atoms with Gasteiger partial charge in [-0.25, -0.2) is 4.79 Å². The Kier molecular flexibility index (Phi) is 4.06. The topological polar surface area (TPSA) is 66.4 Å². The molecule has 0 aromatic heterocycles. The summed E-state index contributed by atoms with van der Waals surface area (Å²) in [5.74, 6) is -0.221. The van der Waals surface area contributed by atoms with Crippen LogP contribution in [0.3, 0.4) is 0 Å². The van der Waals surface area contributed by atoms with Gasteiger partial charge in [0.2, 0.25) is 5.91 Å². The molecule has 19 heavy (non-hydrogen) atoms. The number of benzene rings is 1. The van der Waals surface area contributed by atoms with E-state index in [0.717, 1.165) is 18.6 Å². The number of halogens is 1. The minimum Gasteiger partial charge on any atom is -0.478 e. The second-order valence-corrected chi connectivity index (χ2v) is 6.64. The SMILES string of the molecule is CC1(C(=O)Nc2ccc(Cl)c(C(=O)O)c2)CCCS1. The molecule has 1 aromatic carbocycles. The number of carboxylic acids is 1. The zero-order valence-electron chi connectivity index (χ0n) is 10.4. The van der Waals surface area contributed by atoms with Gasteiger partial charge >= 0.3 is 5.97 Å². The Hall–Kier alpha value is -1.20. The molecule has 1 aromatic rings. The minimum absolute atomic E-state index is 0.0105. The Morgan fingerprint density at radius 3 is 2.79 bits per heavy atom. The number of aromatic carboxylic acids is 1. The monoisotopic (exact) mass is 299 g/mol. The highest BCUT2D eigenvalue weighted by Crippen LogP contribution is 2.38. The molecule has 102 valence electrons. The molecule has 0 aliphatic carbocycles. The van der Waals surface area contributed by atoms with Gasteiger partial charge in [-0.05, 0) is 43.7 Å². The number of carbonyl (C=O) groups excluding carboxylic acids is 1. The number of thioether (sulfide) groups is 1. The van der Waals surface area contributed by atoms with Crippen LogP contribution < -0.4 is 5.32 Å². The van der Waals surface area contributed by atoms with Crippen LogP contribution in [-0.2, 0) is 4.79 Å². The summed E-state index contributed by atoms with van der Waals surface area (Å²) in [7, 11) is 0. The van der Waals surface area contributed by atoms with Crippen molar-refractivity contribution in [3.05, 3.63) is 28.8 Å². The van der Waals surface area contributed by atoms with E-state index < -0.39 is 10.7 Å². The average molecular weight is 300 g/mol. The lowest BCUT2D eigenvalue weighted by molar-refractivity contribution is -0.118. The number of carbonyl (C=O) groups is 2. The van der Waals surface area contributed by atoms with Crippen LogP contribution in [0.25, 0.3) is 0 Å². The first-order chi connectivity index (χ1) is 8.92. The third-order valence-electron chi connectivity index (χ3n) is 3.15. The van der Waals surface area contributed by atoms with Gasteiger partial charge in [-0.3, -0.25) is 4.79 Å². The lowest BCUT2D eigenvalue weighted by Gasteiger charge is -2.21. The quantitative estimate of drug-likeness (QED) is 0.899. The molecule has 0 bridgehead atoms. The van der Waals surface area contributed by atoms with Gasteiger partial charge in [0.15, 0.2) is 0 Å². The lowest BCUT2D eigenvalue weighted by atomic mass is 10.0. The molecule has 0 spiro atoms. The Bertz CT molecular complexity index is 527. The van der Waals surface area contributed by atoms with Gasteiger partial charge in [-0.15, -0.1) is 11.8 Å². The Morgan fingerprint density at radius 2 is 2.21 bits per heavy atom. The van der Waals surface area contributed by atoms with Crippen molar-refractivity contribution in [2.75, 3.05) is 11.1 Å². The number of carboxylic acid groups (broad SMARTS) is 1. The van der Waals surface area contributed by atoms with E-state index in [1.54, 1.807) is 17.8 Å². The first-order valence-corrected chi connectivity index (χ1v) is 7.27. The number of hydrogen-bond acceptors (Lipinski definition) is 3. The smallest absolute Gasteiger partial charge is 0.337 e. The molecule has 4 nitrogen and oxygen atoms in total. The number of amides is 1. The van der Waals surface area contributed by atoms with Gasteiger partial charge in [0.05, 0.1) is 15.3 Å². The maximum Gasteiger partial charge on any atom is 0.337 e. The van der Waals surface area contributed by atoms with E-state index in [0.29, 0.717) is 5.69 Å². The Morgan fingerprint density at radius 1 is 1.47 bits per heavy atom. The van der Waals surface area contributed by atoms with Crippen LogP contribution in [0.15, 0.2) is 18.2 Å². The molecular formula is C13H14ClNO3S. The molecule has 1 aliphatic heterocycles. The van der Waals surface area contributed by atoms with E-state index >= 15 is 0 Å². The molecule has 6 heteroatoms. The van der Waals surface area contributed by atoms with Gasteiger partial charge in [0.1, 0.15) is 0 Å². The fourth-order valence-electron chi connectivity index (χ4n) is 1.99. The van der Waals surface area contributed by atoms with Gasteiger partial charge in [0.25, 0.3) is 0 Å². The van der Waals surface area contributed by atoms with Crippen molar-refractivity contribution in [2.45, 2.75) is 24.5 Å². The second kappa shape index (κ2) is 5.43. The zero-order valence-corrected chi connectivity index (χ0v) is 12.0. The van der Waals surface area contributed by atoms with E-state index in [9.17, 15) is 9.59 Å². The van der Waals surface area contributed by atoms with Crippen LogP contribution >= 0.6 is 23.4 Å². The van der Waals surface area contributed by atoms with Crippen molar-refractivity contribution < 1.29 is 14.7 Å². The number of hydrogen-bond donors (Lipinski definition) is 2. The Balaban J connectivity index is 2.17. The number of anilines is 1. The highest BCUT2D eigenvalue weighted by Gasteiger charge is 2.37. The van der Waals surface area contributed by atoms with Crippen LogP contribution in [0.1, 0.15) is 30.1 Å². The minimum atomic E-state index is -1.11. The molecule has 1 aliphatic rings. The van der Waals surface area contributed by atoms with Crippen molar-refractivity contribution >= 4 is 40.9 Å². The van der Waals surface area contributed by atoms with Crippen molar-refractivity contribution in [2.24, 2.45) is 0 Å². The van der Waals surface area contributed by atoms with E-state index in [1.165, 1.54) is 12.1 Å². The predicted molar refractivity (Wildman–Crippen MR) is 77.1 cm³/mol. The van der Waals surface area contributed by atoms with E-state index in [4.69, 9.17) is 16.7 Å². The summed E-state index contributed by atoms with van der Waals surface area (Å²) in [6.07, 6.45) is 1.86. The van der Waals surface area contributed by atoms with Crippen LogP contribution in [-0.4, -0.2) is 27.5 Å². The molecular weight excluding hydrogens is 286 g/mol. The third kappa shape index (κ3) is 3.04. The molecule has 1 fully saturated rings. The van der Waals surface area contributed by atoms with Gasteiger partial charge in [-0.1, -0.05) is 11.6 Å². The summed E-state index contributed by atoms with van der Waals surface area (Å²) in [4.78, 5) is 23.2. The van der Waals surface area contributed by atoms with Crippen molar-refractivity contribution in [1.82, 2.24) is 0 Å². The maximum atomic E-state index is 12.2. The van der Waals surface area contributed by atoms with Crippen molar-refractivity contribution in [3.63, 3.8) is 0 Å². The summed E-state index contributed by atoms with van der Waals surface area (Å²) >= 11 is 7.42. The van der Waals surface area contributed by atoms with Crippen LogP contribution in [0.2, 0.25) is 5.02 Å². The molecule has 1 saturated heterocycles. The van der Waals surface area contributed by atoms with Crippen LogP contribution in [0.4, 0.5) is 5.69 Å². The van der Waals surface area contributed by atoms with Crippen molar-refractivity contribution in [3.8, 4) is 0 Å². The normalized spacial score (nSPS) is 22.2. The van der Waals surface area contributed by atoms with Crippen LogP contribution in [0, 0.1) is 0 Å². The molecule has 0 saturated carbocycles. The van der Waals surface area contributed by atoms with Crippen molar-refractivity contribution in [1.29, 1.82) is 0 Å². The molecule has 2 N–H and O–H groups in total. The third-order valence-corrected chi connectivity index (χ3v) is 5.00. The van der Waals surface area contributed by atoms with Gasteiger partial charge in [-0.2, -0.15) is 0 Å². The molecule has 1 atom stereocenters. The number of nitrogens with one attached hydrogen (secondary N) is 1. The lowest BCUT2D eigenvalue weighted by Crippen LogP contribution is -2.34. The summed E-state index contributed by atoms with van der Waals surface area (Å²) in [6.45, 7) is 1.91. The summed E-state index contributed by atoms with van der Waals surface area (Å²) in [6, 6.07) is 4.46. The fourth-order valence-corrected chi connectivity index (χ4v) is 3.40. The first kappa shape index (κ1) is 14.2. The maximum absolute atomic E-state index is 12.2. The summed E-state index contributed by atoms with van der Waals surface area (Å²) in [5, 5.41) is 11.9. The summed E-state index contributed by atoms with van der Waals surface area (Å²) in [5.41, 5.74) is 0.448. The highest BCUT2D eigenvalue weighted by molar-refractivity contribution is 8.01.